The van der Waals surface area contributed by atoms with Gasteiger partial charge in [-0.05, 0) is 49.2 Å². The van der Waals surface area contributed by atoms with Crippen molar-refractivity contribution in [2.45, 2.75) is 18.8 Å². The maximum Gasteiger partial charge on any atom is 0.272 e. The highest BCUT2D eigenvalue weighted by atomic mass is 16.2. The van der Waals surface area contributed by atoms with E-state index in [-0.39, 0.29) is 18.4 Å². The van der Waals surface area contributed by atoms with Crippen molar-refractivity contribution in [3.8, 4) is 0 Å². The molecular weight excluding hydrogens is 354 g/mol. The molecule has 2 aromatic heterocycles. The lowest BCUT2D eigenvalue weighted by Crippen LogP contribution is -2.33. The van der Waals surface area contributed by atoms with Gasteiger partial charge in [-0.1, -0.05) is 6.07 Å². The molecule has 4 rings (SSSR count). The van der Waals surface area contributed by atoms with Crippen LogP contribution in [0.3, 0.4) is 0 Å². The van der Waals surface area contributed by atoms with Gasteiger partial charge in [-0.25, -0.2) is 4.98 Å². The monoisotopic (exact) mass is 377 g/mol. The Balaban J connectivity index is 1.40. The number of nitrogens with zero attached hydrogens (tertiary/aromatic N) is 3. The molecule has 7 heteroatoms. The zero-order valence-corrected chi connectivity index (χ0v) is 16.0. The van der Waals surface area contributed by atoms with E-state index in [0.717, 1.165) is 29.9 Å². The summed E-state index contributed by atoms with van der Waals surface area (Å²) in [5, 5.41) is 5.47. The van der Waals surface area contributed by atoms with Crippen LogP contribution in [0.1, 0.15) is 35.1 Å². The van der Waals surface area contributed by atoms with Gasteiger partial charge < -0.3 is 19.9 Å². The van der Waals surface area contributed by atoms with Crippen LogP contribution in [0.15, 0.2) is 48.7 Å². The highest BCUT2D eigenvalue weighted by molar-refractivity contribution is 6.02. The minimum Gasteiger partial charge on any atom is -0.378 e. The zero-order chi connectivity index (χ0) is 19.7. The van der Waals surface area contributed by atoms with Crippen LogP contribution in [-0.4, -0.2) is 41.8 Å². The molecule has 1 aliphatic rings. The number of nitrogens with one attached hydrogen (secondary N) is 2. The molecular formula is C21H23N5O2. The van der Waals surface area contributed by atoms with E-state index in [1.807, 2.05) is 72.1 Å². The minimum absolute atomic E-state index is 0.112. The maximum atomic E-state index is 12.6. The van der Waals surface area contributed by atoms with Gasteiger partial charge in [0.2, 0.25) is 5.91 Å². The molecule has 1 saturated carbocycles. The van der Waals surface area contributed by atoms with Gasteiger partial charge in [-0.15, -0.1) is 0 Å². The Labute approximate surface area is 163 Å². The second-order valence-electron chi connectivity index (χ2n) is 7.22. The summed E-state index contributed by atoms with van der Waals surface area (Å²) in [6.45, 7) is -0.112. The summed E-state index contributed by atoms with van der Waals surface area (Å²) < 4.78 is 1.97. The summed E-state index contributed by atoms with van der Waals surface area (Å²) >= 11 is 0. The van der Waals surface area contributed by atoms with Crippen LogP contribution in [0.25, 0.3) is 5.52 Å². The van der Waals surface area contributed by atoms with Gasteiger partial charge >= 0.3 is 0 Å². The predicted molar refractivity (Wildman–Crippen MR) is 109 cm³/mol. The second-order valence-corrected chi connectivity index (χ2v) is 7.22. The molecule has 1 fully saturated rings. The summed E-state index contributed by atoms with van der Waals surface area (Å²) in [5.41, 5.74) is 2.87. The van der Waals surface area contributed by atoms with Crippen LogP contribution in [-0.2, 0) is 4.79 Å². The quantitative estimate of drug-likeness (QED) is 0.692. The smallest absolute Gasteiger partial charge is 0.272 e. The molecule has 0 bridgehead atoms. The summed E-state index contributed by atoms with van der Waals surface area (Å²) in [6.07, 6.45) is 4.13. The highest BCUT2D eigenvalue weighted by Gasteiger charge is 2.30. The lowest BCUT2D eigenvalue weighted by atomic mass is 10.2. The maximum absolute atomic E-state index is 12.6. The summed E-state index contributed by atoms with van der Waals surface area (Å²) in [6, 6.07) is 13.2. The first-order valence-electron chi connectivity index (χ1n) is 9.35. The van der Waals surface area contributed by atoms with Gasteiger partial charge in [0, 0.05) is 37.6 Å². The van der Waals surface area contributed by atoms with Crippen LogP contribution < -0.4 is 15.5 Å². The third-order valence-corrected chi connectivity index (χ3v) is 4.81. The second kappa shape index (κ2) is 7.34. The Morgan fingerprint density at radius 2 is 1.89 bits per heavy atom. The number of benzene rings is 1. The van der Waals surface area contributed by atoms with E-state index in [2.05, 4.69) is 15.6 Å². The fourth-order valence-corrected chi connectivity index (χ4v) is 3.15. The average Bonchev–Trinajstić information content (AvgIpc) is 3.47. The first-order valence-corrected chi connectivity index (χ1v) is 9.35. The Morgan fingerprint density at radius 3 is 2.57 bits per heavy atom. The van der Waals surface area contributed by atoms with Gasteiger partial charge in [-0.2, -0.15) is 0 Å². The molecule has 0 spiro atoms. The number of amides is 2. The van der Waals surface area contributed by atoms with E-state index in [1.54, 1.807) is 0 Å². The van der Waals surface area contributed by atoms with Crippen molar-refractivity contribution in [1.82, 2.24) is 14.7 Å². The first-order chi connectivity index (χ1) is 13.5. The molecule has 0 unspecified atom stereocenters. The van der Waals surface area contributed by atoms with Crippen LogP contribution in [0.4, 0.5) is 11.4 Å². The fourth-order valence-electron chi connectivity index (χ4n) is 3.15. The zero-order valence-electron chi connectivity index (χ0n) is 16.0. The number of rotatable bonds is 6. The molecule has 0 radical (unpaired) electrons. The molecule has 2 heterocycles. The van der Waals surface area contributed by atoms with Gasteiger partial charge in [-0.3, -0.25) is 9.59 Å². The van der Waals surface area contributed by atoms with Gasteiger partial charge in [0.05, 0.1) is 12.1 Å². The molecule has 1 aromatic carbocycles. The number of hydrogen-bond acceptors (Lipinski definition) is 4. The van der Waals surface area contributed by atoms with Gasteiger partial charge in [0.1, 0.15) is 5.82 Å². The lowest BCUT2D eigenvalue weighted by molar-refractivity contribution is -0.115. The number of carbonyl (C=O) groups is 2. The Bertz CT molecular complexity index is 1020. The van der Waals surface area contributed by atoms with E-state index in [1.165, 1.54) is 0 Å². The first kappa shape index (κ1) is 18.0. The van der Waals surface area contributed by atoms with E-state index < -0.39 is 0 Å². The number of imidazole rings is 1. The van der Waals surface area contributed by atoms with Crippen molar-refractivity contribution < 1.29 is 9.59 Å². The molecule has 144 valence electrons. The third-order valence-electron chi connectivity index (χ3n) is 4.81. The standard InChI is InChI=1S/C21H23N5O2/c1-25(2)16-10-8-15(9-11-16)23-18(27)13-22-21(28)19-17-5-3-4-12-26(17)20(24-19)14-6-7-14/h3-5,8-12,14H,6-7,13H2,1-2H3,(H,22,28)(H,23,27). The molecule has 3 aromatic rings. The van der Waals surface area contributed by atoms with Gasteiger partial charge in [0.25, 0.3) is 5.91 Å². The molecule has 2 amide bonds. The predicted octanol–water partition coefficient (Wildman–Crippen LogP) is 2.65. The Kier molecular flexibility index (Phi) is 4.73. The summed E-state index contributed by atoms with van der Waals surface area (Å²) in [5.74, 6) is 0.724. The van der Waals surface area contributed by atoms with Crippen molar-refractivity contribution in [2.24, 2.45) is 0 Å². The molecule has 0 saturated heterocycles. The Hall–Kier alpha value is -3.35. The molecule has 28 heavy (non-hydrogen) atoms. The number of fused-ring (bicyclic) bond motifs is 1. The molecule has 0 atom stereocenters. The largest absolute Gasteiger partial charge is 0.378 e. The van der Waals surface area contributed by atoms with Crippen molar-refractivity contribution in [2.75, 3.05) is 30.9 Å². The van der Waals surface area contributed by atoms with Crippen molar-refractivity contribution in [3.63, 3.8) is 0 Å². The Morgan fingerprint density at radius 1 is 1.14 bits per heavy atom. The normalized spacial score (nSPS) is 13.4. The number of carbonyl (C=O) groups excluding carboxylic acids is 2. The van der Waals surface area contributed by atoms with Crippen LogP contribution in [0.2, 0.25) is 0 Å². The lowest BCUT2D eigenvalue weighted by Gasteiger charge is -2.13. The van der Waals surface area contributed by atoms with Gasteiger partial charge in [0.15, 0.2) is 5.69 Å². The molecule has 1 aliphatic carbocycles. The molecule has 2 N–H and O–H groups in total. The van der Waals surface area contributed by atoms with E-state index in [0.29, 0.717) is 17.3 Å². The third kappa shape index (κ3) is 3.69. The van der Waals surface area contributed by atoms with Crippen LogP contribution >= 0.6 is 0 Å². The number of hydrogen-bond donors (Lipinski definition) is 2. The van der Waals surface area contributed by atoms with Crippen molar-refractivity contribution in [1.29, 1.82) is 0 Å². The summed E-state index contributed by atoms with van der Waals surface area (Å²) in [4.78, 5) is 31.3. The van der Waals surface area contributed by atoms with Crippen LogP contribution in [0, 0.1) is 0 Å². The van der Waals surface area contributed by atoms with E-state index in [4.69, 9.17) is 0 Å². The van der Waals surface area contributed by atoms with E-state index in [9.17, 15) is 9.59 Å². The minimum atomic E-state index is -0.339. The number of pyridine rings is 1. The summed E-state index contributed by atoms with van der Waals surface area (Å²) in [7, 11) is 3.91. The van der Waals surface area contributed by atoms with Crippen molar-refractivity contribution >= 4 is 28.7 Å². The van der Waals surface area contributed by atoms with E-state index >= 15 is 0 Å². The number of aromatic nitrogens is 2. The molecule has 0 aliphatic heterocycles. The van der Waals surface area contributed by atoms with Crippen molar-refractivity contribution in [3.05, 3.63) is 60.2 Å². The molecule has 7 nitrogen and oxygen atoms in total. The van der Waals surface area contributed by atoms with Crippen LogP contribution in [0.5, 0.6) is 0 Å². The average molecular weight is 377 g/mol. The highest BCUT2D eigenvalue weighted by Crippen LogP contribution is 2.39. The fraction of sp³-hybridized carbons (Fsp3) is 0.286. The SMILES string of the molecule is CN(C)c1ccc(NC(=O)CNC(=O)c2nc(C3CC3)n3ccccc23)cc1. The number of anilines is 2. The topological polar surface area (TPSA) is 78.7 Å².